The van der Waals surface area contributed by atoms with Gasteiger partial charge in [0.15, 0.2) is 11.0 Å². The maximum atomic E-state index is 12.3. The van der Waals surface area contributed by atoms with Crippen LogP contribution in [0.1, 0.15) is 56.9 Å². The van der Waals surface area contributed by atoms with Crippen LogP contribution in [-0.4, -0.2) is 11.0 Å². The molecule has 2 aliphatic carbocycles. The van der Waals surface area contributed by atoms with E-state index in [1.165, 1.54) is 36.0 Å². The van der Waals surface area contributed by atoms with Crippen LogP contribution >= 0.6 is 11.8 Å². The number of thioether (sulfide) groups is 1. The molecular formula is C23H26OS. The van der Waals surface area contributed by atoms with Gasteiger partial charge in [-0.05, 0) is 81.6 Å². The smallest absolute Gasteiger partial charge is 0.157 e. The monoisotopic (exact) mass is 350 g/mol. The second-order valence-corrected chi connectivity index (χ2v) is 8.29. The van der Waals surface area contributed by atoms with Gasteiger partial charge in [0, 0.05) is 4.90 Å². The van der Waals surface area contributed by atoms with Crippen LogP contribution in [-0.2, 0) is 4.79 Å². The Morgan fingerprint density at radius 1 is 1.00 bits per heavy atom. The lowest BCUT2D eigenvalue weighted by Gasteiger charge is -2.27. The van der Waals surface area contributed by atoms with E-state index in [1.807, 2.05) is 0 Å². The van der Waals surface area contributed by atoms with Crippen molar-refractivity contribution in [3.8, 4) is 11.8 Å². The molecule has 0 radical (unpaired) electrons. The summed E-state index contributed by atoms with van der Waals surface area (Å²) in [5, 5.41) is 0. The number of aldehydes is 1. The molecule has 130 valence electrons. The molecule has 0 aliphatic heterocycles. The number of benzene rings is 1. The maximum absolute atomic E-state index is 12.3. The molecule has 0 fully saturated rings. The van der Waals surface area contributed by atoms with Crippen LogP contribution in [0.25, 0.3) is 0 Å². The van der Waals surface area contributed by atoms with Crippen molar-refractivity contribution in [1.82, 2.24) is 0 Å². The quantitative estimate of drug-likeness (QED) is 0.285. The highest BCUT2D eigenvalue weighted by Crippen LogP contribution is 2.41. The largest absolute Gasteiger partial charge is 0.300 e. The predicted molar refractivity (Wildman–Crippen MR) is 107 cm³/mol. The van der Waals surface area contributed by atoms with E-state index in [0.717, 1.165) is 43.3 Å². The van der Waals surface area contributed by atoms with Gasteiger partial charge in [-0.2, -0.15) is 0 Å². The molecule has 1 unspecified atom stereocenters. The van der Waals surface area contributed by atoms with Crippen LogP contribution < -0.4 is 0 Å². The van der Waals surface area contributed by atoms with Crippen molar-refractivity contribution in [1.29, 1.82) is 0 Å². The normalized spacial score (nSPS) is 19.7. The summed E-state index contributed by atoms with van der Waals surface area (Å²) in [6.07, 6.45) is 14.6. The third-order valence-electron chi connectivity index (χ3n) is 4.93. The number of carbonyl (C=O) groups excluding carboxylic acids is 1. The molecule has 0 saturated carbocycles. The summed E-state index contributed by atoms with van der Waals surface area (Å²) in [4.78, 5) is 13.4. The summed E-state index contributed by atoms with van der Waals surface area (Å²) < 4.78 is -0.742. The minimum atomic E-state index is -0.742. The molecule has 0 spiro atoms. The zero-order chi connectivity index (χ0) is 17.5. The van der Waals surface area contributed by atoms with E-state index in [4.69, 9.17) is 0 Å². The Hall–Kier alpha value is -1.72. The molecule has 0 aromatic heterocycles. The Morgan fingerprint density at radius 3 is 2.32 bits per heavy atom. The third-order valence-corrected chi connectivity index (χ3v) is 6.22. The van der Waals surface area contributed by atoms with Crippen LogP contribution in [0, 0.1) is 18.8 Å². The second-order valence-electron chi connectivity index (χ2n) is 6.97. The van der Waals surface area contributed by atoms with Crippen LogP contribution in [0.3, 0.4) is 0 Å². The van der Waals surface area contributed by atoms with Crippen LogP contribution in [0.5, 0.6) is 0 Å². The van der Waals surface area contributed by atoms with Gasteiger partial charge in [-0.15, -0.1) is 0 Å². The first-order chi connectivity index (χ1) is 12.2. The highest BCUT2D eigenvalue weighted by molar-refractivity contribution is 8.01. The Kier molecular flexibility index (Phi) is 6.21. The topological polar surface area (TPSA) is 17.1 Å². The lowest BCUT2D eigenvalue weighted by Crippen LogP contribution is -2.28. The minimum absolute atomic E-state index is 0.742. The standard InChI is InChI=1S/C23H26OS/c1-19-12-14-22(15-13-19)25-23(18-24,21-10-6-3-7-11-21)17-16-20-8-4-2-5-9-20/h8,10,12-15,18H,2-7,9,11H2,1H3. The summed E-state index contributed by atoms with van der Waals surface area (Å²) in [6, 6.07) is 8.40. The summed E-state index contributed by atoms with van der Waals surface area (Å²) in [7, 11) is 0. The van der Waals surface area contributed by atoms with E-state index >= 15 is 0 Å². The summed E-state index contributed by atoms with van der Waals surface area (Å²) >= 11 is 1.60. The first kappa shape index (κ1) is 18.1. The Bertz CT molecular complexity index is 730. The minimum Gasteiger partial charge on any atom is -0.300 e. The average Bonchev–Trinajstić information content (AvgIpc) is 2.68. The van der Waals surface area contributed by atoms with Crippen LogP contribution in [0.15, 0.2) is 52.5 Å². The summed E-state index contributed by atoms with van der Waals surface area (Å²) in [6.45, 7) is 2.08. The SMILES string of the molecule is Cc1ccc(SC(C#CC2=CCCCC2)(C=O)C2=CCCCC2)cc1. The van der Waals surface area contributed by atoms with E-state index in [-0.39, 0.29) is 0 Å². The van der Waals surface area contributed by atoms with E-state index in [9.17, 15) is 4.79 Å². The lowest BCUT2D eigenvalue weighted by atomic mass is 9.89. The zero-order valence-electron chi connectivity index (χ0n) is 15.0. The van der Waals surface area contributed by atoms with Gasteiger partial charge in [0.25, 0.3) is 0 Å². The maximum Gasteiger partial charge on any atom is 0.157 e. The molecule has 0 amide bonds. The Balaban J connectivity index is 1.95. The van der Waals surface area contributed by atoms with Crippen LogP contribution in [0.2, 0.25) is 0 Å². The van der Waals surface area contributed by atoms with Gasteiger partial charge in [0.05, 0.1) is 0 Å². The number of hydrogen-bond acceptors (Lipinski definition) is 2. The van der Waals surface area contributed by atoms with E-state index < -0.39 is 4.75 Å². The number of aryl methyl sites for hydroxylation is 1. The third kappa shape index (κ3) is 4.67. The zero-order valence-corrected chi connectivity index (χ0v) is 15.8. The van der Waals surface area contributed by atoms with Crippen molar-refractivity contribution in [3.05, 3.63) is 53.1 Å². The van der Waals surface area contributed by atoms with E-state index in [0.29, 0.717) is 0 Å². The Morgan fingerprint density at radius 2 is 1.72 bits per heavy atom. The lowest BCUT2D eigenvalue weighted by molar-refractivity contribution is -0.108. The van der Waals surface area contributed by atoms with Gasteiger partial charge < -0.3 is 4.79 Å². The van der Waals surface area contributed by atoms with Gasteiger partial charge >= 0.3 is 0 Å². The van der Waals surface area contributed by atoms with Gasteiger partial charge in [0.2, 0.25) is 0 Å². The highest BCUT2D eigenvalue weighted by atomic mass is 32.2. The van der Waals surface area contributed by atoms with Crippen molar-refractivity contribution in [3.63, 3.8) is 0 Å². The highest BCUT2D eigenvalue weighted by Gasteiger charge is 2.34. The second kappa shape index (κ2) is 8.59. The molecule has 1 aromatic carbocycles. The van der Waals surface area contributed by atoms with Crippen LogP contribution in [0.4, 0.5) is 0 Å². The molecule has 0 N–H and O–H groups in total. The molecule has 2 aliphatic rings. The number of hydrogen-bond donors (Lipinski definition) is 0. The fraction of sp³-hybridized carbons (Fsp3) is 0.435. The molecular weight excluding hydrogens is 324 g/mol. The fourth-order valence-corrected chi connectivity index (χ4v) is 4.50. The number of carbonyl (C=O) groups is 1. The molecule has 1 nitrogen and oxygen atoms in total. The van der Waals surface area contributed by atoms with Crippen molar-refractivity contribution in [2.45, 2.75) is 67.9 Å². The predicted octanol–water partition coefficient (Wildman–Crippen LogP) is 6.03. The molecule has 0 bridgehead atoms. The van der Waals surface area contributed by atoms with Gasteiger partial charge in [-0.25, -0.2) is 0 Å². The molecule has 0 saturated heterocycles. The van der Waals surface area contributed by atoms with E-state index in [1.54, 1.807) is 11.8 Å². The van der Waals surface area contributed by atoms with E-state index in [2.05, 4.69) is 55.2 Å². The van der Waals surface area contributed by atoms with Gasteiger partial charge in [0.1, 0.15) is 0 Å². The fourth-order valence-electron chi connectivity index (χ4n) is 3.39. The molecule has 0 heterocycles. The van der Waals surface area contributed by atoms with Crippen molar-refractivity contribution in [2.75, 3.05) is 0 Å². The molecule has 1 atom stereocenters. The van der Waals surface area contributed by atoms with Crippen molar-refractivity contribution < 1.29 is 4.79 Å². The first-order valence-electron chi connectivity index (χ1n) is 9.35. The average molecular weight is 351 g/mol. The number of rotatable bonds is 4. The number of allylic oxidation sites excluding steroid dienone is 3. The van der Waals surface area contributed by atoms with Gasteiger partial charge in [-0.3, -0.25) is 0 Å². The molecule has 1 aromatic rings. The molecule has 3 rings (SSSR count). The Labute approximate surface area is 156 Å². The van der Waals surface area contributed by atoms with Crippen molar-refractivity contribution >= 4 is 18.0 Å². The molecule has 25 heavy (non-hydrogen) atoms. The van der Waals surface area contributed by atoms with Crippen molar-refractivity contribution in [2.24, 2.45) is 0 Å². The molecule has 2 heteroatoms. The first-order valence-corrected chi connectivity index (χ1v) is 10.2. The summed E-state index contributed by atoms with van der Waals surface area (Å²) in [5.74, 6) is 6.75. The van der Waals surface area contributed by atoms with Gasteiger partial charge in [-0.1, -0.05) is 53.5 Å². The summed E-state index contributed by atoms with van der Waals surface area (Å²) in [5.41, 5.74) is 3.64.